The van der Waals surface area contributed by atoms with Crippen LogP contribution in [0.2, 0.25) is 0 Å². The molecule has 1 aromatic rings. The van der Waals surface area contributed by atoms with E-state index in [1.807, 2.05) is 12.3 Å². The van der Waals surface area contributed by atoms with Crippen molar-refractivity contribution in [2.24, 2.45) is 11.8 Å². The summed E-state index contributed by atoms with van der Waals surface area (Å²) in [6.45, 7) is 3.49. The summed E-state index contributed by atoms with van der Waals surface area (Å²) in [6.07, 6.45) is 9.90. The minimum Gasteiger partial charge on any atom is -0.468 e. The van der Waals surface area contributed by atoms with Crippen LogP contribution in [0.25, 0.3) is 0 Å². The van der Waals surface area contributed by atoms with Crippen molar-refractivity contribution in [3.05, 3.63) is 22.6 Å². The van der Waals surface area contributed by atoms with E-state index in [2.05, 4.69) is 28.2 Å². The number of halogens is 1. The van der Waals surface area contributed by atoms with Crippen molar-refractivity contribution in [2.75, 3.05) is 6.54 Å². The lowest BCUT2D eigenvalue weighted by molar-refractivity contribution is 0.204. The molecule has 2 nitrogen and oxygen atoms in total. The molecule has 3 atom stereocenters. The predicted octanol–water partition coefficient (Wildman–Crippen LogP) is 4.70. The van der Waals surface area contributed by atoms with Gasteiger partial charge in [0, 0.05) is 12.0 Å². The predicted molar refractivity (Wildman–Crippen MR) is 81.3 cm³/mol. The maximum Gasteiger partial charge on any atom is 0.121 e. The summed E-state index contributed by atoms with van der Waals surface area (Å²) >= 11 is 3.65. The largest absolute Gasteiger partial charge is 0.468 e. The Labute approximate surface area is 124 Å². The molecule has 3 heteroatoms. The molecule has 106 valence electrons. The fourth-order valence-corrected chi connectivity index (χ4v) is 3.93. The average Bonchev–Trinajstić information content (AvgIpc) is 3.17. The van der Waals surface area contributed by atoms with E-state index in [0.717, 1.165) is 22.4 Å². The highest BCUT2D eigenvalue weighted by Gasteiger charge is 2.34. The molecular formula is C16H24BrNO. The maximum atomic E-state index is 5.77. The van der Waals surface area contributed by atoms with Crippen LogP contribution in [-0.2, 0) is 0 Å². The Bertz CT molecular complexity index is 413. The van der Waals surface area contributed by atoms with Crippen molar-refractivity contribution >= 4 is 15.9 Å². The molecule has 0 saturated heterocycles. The second kappa shape index (κ2) is 6.01. The Hall–Kier alpha value is -0.280. The SMILES string of the molecule is CCC1CCC(CNC2CC2)C(c2occc2Br)C1. The lowest BCUT2D eigenvalue weighted by Gasteiger charge is -2.35. The number of rotatable bonds is 5. The zero-order valence-electron chi connectivity index (χ0n) is 11.7. The molecule has 3 unspecified atom stereocenters. The Kier molecular flexibility index (Phi) is 4.33. The van der Waals surface area contributed by atoms with E-state index in [4.69, 9.17) is 4.42 Å². The summed E-state index contributed by atoms with van der Waals surface area (Å²) in [5, 5.41) is 3.71. The van der Waals surface area contributed by atoms with E-state index >= 15 is 0 Å². The van der Waals surface area contributed by atoms with Gasteiger partial charge in [0.05, 0.1) is 10.7 Å². The molecule has 2 saturated carbocycles. The highest BCUT2D eigenvalue weighted by Crippen LogP contribution is 2.44. The van der Waals surface area contributed by atoms with E-state index in [9.17, 15) is 0 Å². The molecule has 1 heterocycles. The number of furan rings is 1. The van der Waals surface area contributed by atoms with Gasteiger partial charge < -0.3 is 9.73 Å². The van der Waals surface area contributed by atoms with Gasteiger partial charge in [0.25, 0.3) is 0 Å². The van der Waals surface area contributed by atoms with Gasteiger partial charge in [-0.1, -0.05) is 19.8 Å². The molecule has 0 bridgehead atoms. The molecular weight excluding hydrogens is 302 g/mol. The van der Waals surface area contributed by atoms with Crippen LogP contribution in [0.15, 0.2) is 21.2 Å². The molecule has 0 amide bonds. The van der Waals surface area contributed by atoms with Crippen molar-refractivity contribution in [3.63, 3.8) is 0 Å². The zero-order valence-corrected chi connectivity index (χ0v) is 13.3. The first-order chi connectivity index (χ1) is 9.28. The Balaban J connectivity index is 1.70. The van der Waals surface area contributed by atoms with E-state index in [1.165, 1.54) is 50.8 Å². The monoisotopic (exact) mass is 325 g/mol. The highest BCUT2D eigenvalue weighted by atomic mass is 79.9. The molecule has 0 radical (unpaired) electrons. The van der Waals surface area contributed by atoms with E-state index in [1.54, 1.807) is 0 Å². The Morgan fingerprint density at radius 3 is 2.79 bits per heavy atom. The van der Waals surface area contributed by atoms with E-state index < -0.39 is 0 Å². The van der Waals surface area contributed by atoms with E-state index in [-0.39, 0.29) is 0 Å². The lowest BCUT2D eigenvalue weighted by atomic mass is 9.72. The molecule has 1 aromatic heterocycles. The lowest BCUT2D eigenvalue weighted by Crippen LogP contribution is -2.33. The second-order valence-corrected chi connectivity index (χ2v) is 7.12. The summed E-state index contributed by atoms with van der Waals surface area (Å²) in [6, 6.07) is 2.85. The Morgan fingerprint density at radius 1 is 1.32 bits per heavy atom. The van der Waals surface area contributed by atoms with Crippen LogP contribution in [-0.4, -0.2) is 12.6 Å². The van der Waals surface area contributed by atoms with Crippen molar-refractivity contribution in [1.29, 1.82) is 0 Å². The van der Waals surface area contributed by atoms with E-state index in [0.29, 0.717) is 5.92 Å². The fourth-order valence-electron chi connectivity index (χ4n) is 3.43. The molecule has 1 N–H and O–H groups in total. The third kappa shape index (κ3) is 3.25. The van der Waals surface area contributed by atoms with Gasteiger partial charge in [-0.2, -0.15) is 0 Å². The first-order valence-corrected chi connectivity index (χ1v) is 8.53. The van der Waals surface area contributed by atoms with Gasteiger partial charge in [-0.3, -0.25) is 0 Å². The zero-order chi connectivity index (χ0) is 13.2. The van der Waals surface area contributed by atoms with Crippen molar-refractivity contribution in [2.45, 2.75) is 57.4 Å². The average molecular weight is 326 g/mol. The van der Waals surface area contributed by atoms with Crippen LogP contribution in [0.1, 0.15) is 57.1 Å². The summed E-state index contributed by atoms with van der Waals surface area (Å²) in [7, 11) is 0. The highest BCUT2D eigenvalue weighted by molar-refractivity contribution is 9.10. The molecule has 0 aromatic carbocycles. The molecule has 2 aliphatic carbocycles. The molecule has 0 aliphatic heterocycles. The number of nitrogens with one attached hydrogen (secondary N) is 1. The normalized spacial score (nSPS) is 31.6. The smallest absolute Gasteiger partial charge is 0.121 e. The van der Waals surface area contributed by atoms with Gasteiger partial charge in [0.15, 0.2) is 0 Å². The number of hydrogen-bond donors (Lipinski definition) is 1. The summed E-state index contributed by atoms with van der Waals surface area (Å²) < 4.78 is 6.93. The molecule has 0 spiro atoms. The van der Waals surface area contributed by atoms with Crippen molar-refractivity contribution in [1.82, 2.24) is 5.32 Å². The standard InChI is InChI=1S/C16H24BrNO/c1-2-11-3-4-12(10-18-13-5-6-13)14(9-11)16-15(17)7-8-19-16/h7-8,11-14,18H,2-6,9-10H2,1H3. The first-order valence-electron chi connectivity index (χ1n) is 7.74. The van der Waals surface area contributed by atoms with Gasteiger partial charge >= 0.3 is 0 Å². The summed E-state index contributed by atoms with van der Waals surface area (Å²) in [4.78, 5) is 0. The Morgan fingerprint density at radius 2 is 2.16 bits per heavy atom. The summed E-state index contributed by atoms with van der Waals surface area (Å²) in [5.41, 5.74) is 0. The molecule has 2 aliphatic rings. The minimum atomic E-state index is 0.592. The van der Waals surface area contributed by atoms with Crippen LogP contribution in [0.4, 0.5) is 0 Å². The van der Waals surface area contributed by atoms with Gasteiger partial charge in [0.1, 0.15) is 5.76 Å². The molecule has 2 fully saturated rings. The second-order valence-electron chi connectivity index (χ2n) is 6.27. The first kappa shape index (κ1) is 13.7. The van der Waals surface area contributed by atoms with Gasteiger partial charge in [0.2, 0.25) is 0 Å². The van der Waals surface area contributed by atoms with Crippen LogP contribution in [0.5, 0.6) is 0 Å². The topological polar surface area (TPSA) is 25.2 Å². The fraction of sp³-hybridized carbons (Fsp3) is 0.750. The van der Waals surface area contributed by atoms with Gasteiger partial charge in [-0.25, -0.2) is 0 Å². The molecule has 3 rings (SSSR count). The van der Waals surface area contributed by atoms with Crippen LogP contribution >= 0.6 is 15.9 Å². The quantitative estimate of drug-likeness (QED) is 0.848. The van der Waals surface area contributed by atoms with Crippen molar-refractivity contribution in [3.8, 4) is 0 Å². The maximum absolute atomic E-state index is 5.77. The van der Waals surface area contributed by atoms with Gasteiger partial charge in [-0.15, -0.1) is 0 Å². The third-order valence-corrected chi connectivity index (χ3v) is 5.56. The number of hydrogen-bond acceptors (Lipinski definition) is 2. The van der Waals surface area contributed by atoms with Crippen LogP contribution < -0.4 is 5.32 Å². The van der Waals surface area contributed by atoms with Crippen molar-refractivity contribution < 1.29 is 4.42 Å². The van der Waals surface area contributed by atoms with Gasteiger partial charge in [-0.05, 0) is 66.1 Å². The van der Waals surface area contributed by atoms with Crippen LogP contribution in [0.3, 0.4) is 0 Å². The van der Waals surface area contributed by atoms with Crippen LogP contribution in [0, 0.1) is 11.8 Å². The third-order valence-electron chi connectivity index (χ3n) is 4.91. The molecule has 19 heavy (non-hydrogen) atoms. The minimum absolute atomic E-state index is 0.592. The summed E-state index contributed by atoms with van der Waals surface area (Å²) in [5.74, 6) is 3.39.